The molecule has 2 aromatic rings. The first kappa shape index (κ1) is 14.6. The van der Waals surface area contributed by atoms with Gasteiger partial charge in [0, 0.05) is 11.3 Å². The first-order valence-corrected chi connectivity index (χ1v) is 6.53. The molecule has 2 rings (SSSR count). The molecule has 2 amide bonds. The number of benzene rings is 1. The van der Waals surface area contributed by atoms with Gasteiger partial charge in [-0.1, -0.05) is 0 Å². The minimum atomic E-state index is -0.481. The molecule has 1 heterocycles. The van der Waals surface area contributed by atoms with Crippen LogP contribution in [0, 0.1) is 0 Å². The topological polar surface area (TPSA) is 97.4 Å². The summed E-state index contributed by atoms with van der Waals surface area (Å²) in [6.07, 6.45) is 1.56. The monoisotopic (exact) mass is 287 g/mol. The van der Waals surface area contributed by atoms with Crippen LogP contribution in [0.15, 0.2) is 47.1 Å². The maximum atomic E-state index is 11.9. The van der Waals surface area contributed by atoms with E-state index in [9.17, 15) is 9.59 Å². The highest BCUT2D eigenvalue weighted by molar-refractivity contribution is 5.93. The van der Waals surface area contributed by atoms with Gasteiger partial charge in [0.15, 0.2) is 0 Å². The summed E-state index contributed by atoms with van der Waals surface area (Å²) < 4.78 is 5.14. The highest BCUT2D eigenvalue weighted by atomic mass is 16.3. The van der Waals surface area contributed by atoms with Gasteiger partial charge in [0.1, 0.15) is 11.8 Å². The summed E-state index contributed by atoms with van der Waals surface area (Å²) in [6, 6.07) is 9.77. The number of anilines is 1. The third kappa shape index (κ3) is 4.10. The van der Waals surface area contributed by atoms with Crippen LogP contribution in [0.2, 0.25) is 0 Å². The fourth-order valence-electron chi connectivity index (χ4n) is 1.79. The number of primary amides is 1. The quantitative estimate of drug-likeness (QED) is 0.750. The highest BCUT2D eigenvalue weighted by Gasteiger charge is 2.12. The minimum absolute atomic E-state index is 0.148. The first-order valence-electron chi connectivity index (χ1n) is 6.53. The molecule has 1 unspecified atom stereocenters. The molecule has 0 bridgehead atoms. The van der Waals surface area contributed by atoms with E-state index in [-0.39, 0.29) is 5.91 Å². The lowest BCUT2D eigenvalue weighted by Crippen LogP contribution is -2.37. The smallest absolute Gasteiger partial charge is 0.248 e. The third-order valence-electron chi connectivity index (χ3n) is 2.96. The van der Waals surface area contributed by atoms with E-state index in [0.717, 1.165) is 5.69 Å². The molecule has 0 spiro atoms. The zero-order valence-corrected chi connectivity index (χ0v) is 11.6. The predicted octanol–water partition coefficient (Wildman–Crippen LogP) is 1.50. The normalized spacial score (nSPS) is 11.7. The first-order chi connectivity index (χ1) is 10.1. The maximum absolute atomic E-state index is 11.9. The lowest BCUT2D eigenvalue weighted by molar-refractivity contribution is -0.121. The molecule has 110 valence electrons. The van der Waals surface area contributed by atoms with Crippen molar-refractivity contribution in [1.29, 1.82) is 0 Å². The van der Waals surface area contributed by atoms with E-state index in [1.165, 1.54) is 0 Å². The van der Waals surface area contributed by atoms with Crippen molar-refractivity contribution in [3.8, 4) is 0 Å². The summed E-state index contributed by atoms with van der Waals surface area (Å²) in [7, 11) is 0. The molecule has 1 aromatic carbocycles. The number of rotatable bonds is 6. The summed E-state index contributed by atoms with van der Waals surface area (Å²) in [5.41, 5.74) is 6.33. The fraction of sp³-hybridized carbons (Fsp3) is 0.200. The van der Waals surface area contributed by atoms with Gasteiger partial charge in [0.05, 0.1) is 12.8 Å². The standard InChI is InChI=1S/C15H17N3O3/c1-10(15(20)17-9-13-3-2-8-21-13)18-12-6-4-11(5-7-12)14(16)19/h2-8,10,18H,9H2,1H3,(H2,16,19)(H,17,20). The molecule has 0 saturated heterocycles. The molecule has 0 aliphatic carbocycles. The molecule has 6 nitrogen and oxygen atoms in total. The SMILES string of the molecule is CC(Nc1ccc(C(N)=O)cc1)C(=O)NCc1ccco1. The Morgan fingerprint density at radius 3 is 2.52 bits per heavy atom. The molecule has 0 radical (unpaired) electrons. The molecule has 6 heteroatoms. The van der Waals surface area contributed by atoms with Crippen LogP contribution in [0.25, 0.3) is 0 Å². The Labute approximate surface area is 122 Å². The van der Waals surface area contributed by atoms with Crippen molar-refractivity contribution in [2.24, 2.45) is 5.73 Å². The van der Waals surface area contributed by atoms with E-state index < -0.39 is 11.9 Å². The van der Waals surface area contributed by atoms with Gasteiger partial charge in [0.2, 0.25) is 11.8 Å². The molecule has 4 N–H and O–H groups in total. The van der Waals surface area contributed by atoms with Crippen LogP contribution in [-0.4, -0.2) is 17.9 Å². The molecule has 0 fully saturated rings. The Kier molecular flexibility index (Phi) is 4.61. The third-order valence-corrected chi connectivity index (χ3v) is 2.96. The summed E-state index contributed by atoms with van der Waals surface area (Å²) in [6.45, 7) is 2.10. The number of carbonyl (C=O) groups is 2. The second kappa shape index (κ2) is 6.60. The number of nitrogens with one attached hydrogen (secondary N) is 2. The van der Waals surface area contributed by atoms with Crippen LogP contribution < -0.4 is 16.4 Å². The Hall–Kier alpha value is -2.76. The molecular formula is C15H17N3O3. The van der Waals surface area contributed by atoms with Gasteiger partial charge in [-0.3, -0.25) is 9.59 Å². The van der Waals surface area contributed by atoms with E-state index in [1.807, 2.05) is 0 Å². The lowest BCUT2D eigenvalue weighted by atomic mass is 10.2. The zero-order chi connectivity index (χ0) is 15.2. The second-order valence-corrected chi connectivity index (χ2v) is 4.60. The van der Waals surface area contributed by atoms with E-state index in [4.69, 9.17) is 10.2 Å². The number of furan rings is 1. The van der Waals surface area contributed by atoms with Gasteiger partial charge in [-0.15, -0.1) is 0 Å². The van der Waals surface area contributed by atoms with Gasteiger partial charge in [-0.05, 0) is 43.3 Å². The van der Waals surface area contributed by atoms with Crippen LogP contribution in [0.3, 0.4) is 0 Å². The van der Waals surface area contributed by atoms with E-state index >= 15 is 0 Å². The van der Waals surface area contributed by atoms with Crippen LogP contribution in [-0.2, 0) is 11.3 Å². The van der Waals surface area contributed by atoms with Gasteiger partial charge in [-0.2, -0.15) is 0 Å². The van der Waals surface area contributed by atoms with Crippen molar-refractivity contribution in [3.05, 3.63) is 54.0 Å². The molecule has 0 aliphatic rings. The molecular weight excluding hydrogens is 270 g/mol. The second-order valence-electron chi connectivity index (χ2n) is 4.60. The predicted molar refractivity (Wildman–Crippen MR) is 78.6 cm³/mol. The number of hydrogen-bond acceptors (Lipinski definition) is 4. The fourth-order valence-corrected chi connectivity index (χ4v) is 1.79. The van der Waals surface area contributed by atoms with Gasteiger partial charge < -0.3 is 20.8 Å². The van der Waals surface area contributed by atoms with Crippen molar-refractivity contribution in [1.82, 2.24) is 5.32 Å². The van der Waals surface area contributed by atoms with Gasteiger partial charge >= 0.3 is 0 Å². The Morgan fingerprint density at radius 2 is 1.95 bits per heavy atom. The summed E-state index contributed by atoms with van der Waals surface area (Å²) in [5, 5.41) is 5.81. The average Bonchev–Trinajstić information content (AvgIpc) is 2.98. The minimum Gasteiger partial charge on any atom is -0.467 e. The van der Waals surface area contributed by atoms with E-state index in [2.05, 4.69) is 10.6 Å². The molecule has 1 atom stereocenters. The van der Waals surface area contributed by atoms with Gasteiger partial charge in [0.25, 0.3) is 0 Å². The van der Waals surface area contributed by atoms with Crippen LogP contribution in [0.4, 0.5) is 5.69 Å². The summed E-state index contributed by atoms with van der Waals surface area (Å²) in [5.74, 6) is 0.0672. The molecule has 0 saturated carbocycles. The van der Waals surface area contributed by atoms with Crippen LogP contribution in [0.5, 0.6) is 0 Å². The van der Waals surface area contributed by atoms with Gasteiger partial charge in [-0.25, -0.2) is 0 Å². The lowest BCUT2D eigenvalue weighted by Gasteiger charge is -2.15. The van der Waals surface area contributed by atoms with Crippen molar-refractivity contribution in [2.45, 2.75) is 19.5 Å². The molecule has 0 aliphatic heterocycles. The van der Waals surface area contributed by atoms with E-state index in [0.29, 0.717) is 17.9 Å². The largest absolute Gasteiger partial charge is 0.467 e. The number of amides is 2. The van der Waals surface area contributed by atoms with E-state index in [1.54, 1.807) is 49.6 Å². The highest BCUT2D eigenvalue weighted by Crippen LogP contribution is 2.10. The zero-order valence-electron chi connectivity index (χ0n) is 11.6. The average molecular weight is 287 g/mol. The van der Waals surface area contributed by atoms with Crippen molar-refractivity contribution >= 4 is 17.5 Å². The van der Waals surface area contributed by atoms with Crippen molar-refractivity contribution in [3.63, 3.8) is 0 Å². The Morgan fingerprint density at radius 1 is 1.24 bits per heavy atom. The Balaban J connectivity index is 1.86. The molecule has 1 aromatic heterocycles. The number of carbonyl (C=O) groups excluding carboxylic acids is 2. The number of hydrogen-bond donors (Lipinski definition) is 3. The summed E-state index contributed by atoms with van der Waals surface area (Å²) >= 11 is 0. The maximum Gasteiger partial charge on any atom is 0.248 e. The number of nitrogens with two attached hydrogens (primary N) is 1. The van der Waals surface area contributed by atoms with Crippen LogP contribution in [0.1, 0.15) is 23.0 Å². The Bertz CT molecular complexity index is 606. The molecule has 21 heavy (non-hydrogen) atoms. The van der Waals surface area contributed by atoms with Crippen LogP contribution >= 0.6 is 0 Å². The van der Waals surface area contributed by atoms with Crippen molar-refractivity contribution < 1.29 is 14.0 Å². The van der Waals surface area contributed by atoms with Crippen molar-refractivity contribution in [2.75, 3.05) is 5.32 Å². The summed E-state index contributed by atoms with van der Waals surface area (Å²) in [4.78, 5) is 22.9.